The predicted octanol–water partition coefficient (Wildman–Crippen LogP) is 3.67. The molecule has 2 aromatic rings. The topological polar surface area (TPSA) is 64.6 Å². The maximum Gasteiger partial charge on any atom is 0.342 e. The molecule has 0 aliphatic carbocycles. The zero-order chi connectivity index (χ0) is 17.7. The maximum absolute atomic E-state index is 13.7. The van der Waals surface area contributed by atoms with Crippen LogP contribution in [-0.4, -0.2) is 25.1 Å². The number of ether oxygens (including phenoxy) is 2. The summed E-state index contributed by atoms with van der Waals surface area (Å²) in [5, 5.41) is 2.55. The van der Waals surface area contributed by atoms with Crippen molar-refractivity contribution in [3.63, 3.8) is 0 Å². The Hall–Kier alpha value is -2.60. The van der Waals surface area contributed by atoms with E-state index in [1.165, 1.54) is 32.2 Å². The van der Waals surface area contributed by atoms with Crippen molar-refractivity contribution in [3.05, 3.63) is 58.9 Å². The van der Waals surface area contributed by atoms with E-state index in [1.807, 2.05) is 0 Å². The van der Waals surface area contributed by atoms with Gasteiger partial charge in [0.05, 0.1) is 12.8 Å². The molecule has 24 heavy (non-hydrogen) atoms. The van der Waals surface area contributed by atoms with Gasteiger partial charge in [-0.05, 0) is 37.3 Å². The number of halogens is 2. The largest absolute Gasteiger partial charge is 0.496 e. The molecular weight excluding hydrogens is 337 g/mol. The third kappa shape index (κ3) is 4.23. The normalized spacial score (nSPS) is 11.5. The quantitative estimate of drug-likeness (QED) is 0.835. The van der Waals surface area contributed by atoms with Gasteiger partial charge in [-0.1, -0.05) is 23.7 Å². The van der Waals surface area contributed by atoms with E-state index >= 15 is 0 Å². The fourth-order valence-corrected chi connectivity index (χ4v) is 2.07. The summed E-state index contributed by atoms with van der Waals surface area (Å²) in [4.78, 5) is 24.2. The van der Waals surface area contributed by atoms with Crippen molar-refractivity contribution in [1.82, 2.24) is 0 Å². The average molecular weight is 352 g/mol. The molecule has 1 unspecified atom stereocenters. The molecule has 0 fully saturated rings. The predicted molar refractivity (Wildman–Crippen MR) is 87.9 cm³/mol. The Morgan fingerprint density at radius 2 is 1.92 bits per heavy atom. The molecule has 0 aromatic heterocycles. The Morgan fingerprint density at radius 1 is 1.21 bits per heavy atom. The van der Waals surface area contributed by atoms with Crippen LogP contribution in [0.1, 0.15) is 17.3 Å². The van der Waals surface area contributed by atoms with Gasteiger partial charge in [-0.25, -0.2) is 9.18 Å². The molecule has 2 rings (SSSR count). The minimum absolute atomic E-state index is 0.0513. The van der Waals surface area contributed by atoms with Crippen LogP contribution in [0.3, 0.4) is 0 Å². The van der Waals surface area contributed by atoms with E-state index in [1.54, 1.807) is 18.2 Å². The summed E-state index contributed by atoms with van der Waals surface area (Å²) in [6, 6.07) is 10.3. The Kier molecular flexibility index (Phi) is 5.76. The number of carbonyl (C=O) groups excluding carboxylic acids is 2. The lowest BCUT2D eigenvalue weighted by Gasteiger charge is -2.15. The minimum atomic E-state index is -1.13. The number of amides is 1. The fourth-order valence-electron chi connectivity index (χ4n) is 1.92. The van der Waals surface area contributed by atoms with Crippen LogP contribution >= 0.6 is 11.6 Å². The van der Waals surface area contributed by atoms with Gasteiger partial charge in [0.2, 0.25) is 0 Å². The van der Waals surface area contributed by atoms with Crippen LogP contribution in [0.2, 0.25) is 5.02 Å². The molecule has 0 heterocycles. The summed E-state index contributed by atoms with van der Waals surface area (Å²) in [5.41, 5.74) is 0.141. The molecule has 5 nitrogen and oxygen atoms in total. The number of para-hydroxylation sites is 1. The van der Waals surface area contributed by atoms with Gasteiger partial charge >= 0.3 is 5.97 Å². The molecule has 0 spiro atoms. The van der Waals surface area contributed by atoms with Crippen molar-refractivity contribution in [2.75, 3.05) is 12.4 Å². The number of hydrogen-bond acceptors (Lipinski definition) is 4. The van der Waals surface area contributed by atoms with Gasteiger partial charge < -0.3 is 14.8 Å². The SMILES string of the molecule is COc1ccccc1C(=O)OC(C)C(=O)Nc1ccc(Cl)cc1F. The molecule has 0 saturated heterocycles. The molecule has 0 saturated carbocycles. The number of methoxy groups -OCH3 is 1. The van der Waals surface area contributed by atoms with Crippen molar-refractivity contribution in [3.8, 4) is 5.75 Å². The summed E-state index contributed by atoms with van der Waals surface area (Å²) in [6.45, 7) is 1.39. The van der Waals surface area contributed by atoms with Crippen LogP contribution in [0.15, 0.2) is 42.5 Å². The second-order valence-corrected chi connectivity index (χ2v) is 5.30. The van der Waals surface area contributed by atoms with Gasteiger partial charge in [0.25, 0.3) is 5.91 Å². The molecule has 126 valence electrons. The first-order chi connectivity index (χ1) is 11.4. The van der Waals surface area contributed by atoms with Crippen LogP contribution in [0.25, 0.3) is 0 Å². The molecule has 0 aliphatic heterocycles. The lowest BCUT2D eigenvalue weighted by Crippen LogP contribution is -2.30. The van der Waals surface area contributed by atoms with Crippen LogP contribution in [0.4, 0.5) is 10.1 Å². The Morgan fingerprint density at radius 3 is 2.58 bits per heavy atom. The first kappa shape index (κ1) is 17.7. The van der Waals surface area contributed by atoms with Crippen molar-refractivity contribution in [2.45, 2.75) is 13.0 Å². The number of rotatable bonds is 5. The van der Waals surface area contributed by atoms with Crippen molar-refractivity contribution in [1.29, 1.82) is 0 Å². The van der Waals surface area contributed by atoms with E-state index in [-0.39, 0.29) is 16.3 Å². The third-order valence-corrected chi connectivity index (χ3v) is 3.40. The van der Waals surface area contributed by atoms with Gasteiger partial charge in [0, 0.05) is 5.02 Å². The smallest absolute Gasteiger partial charge is 0.342 e. The minimum Gasteiger partial charge on any atom is -0.496 e. The molecular formula is C17H15ClFNO4. The maximum atomic E-state index is 13.7. The van der Waals surface area contributed by atoms with Crippen LogP contribution in [0, 0.1) is 5.82 Å². The van der Waals surface area contributed by atoms with Crippen LogP contribution < -0.4 is 10.1 Å². The van der Waals surface area contributed by atoms with Crippen LogP contribution in [0.5, 0.6) is 5.75 Å². The molecule has 0 radical (unpaired) electrons. The molecule has 1 atom stereocenters. The molecule has 1 amide bonds. The van der Waals surface area contributed by atoms with Gasteiger partial charge in [-0.2, -0.15) is 0 Å². The lowest BCUT2D eigenvalue weighted by molar-refractivity contribution is -0.123. The van der Waals surface area contributed by atoms with Crippen molar-refractivity contribution in [2.24, 2.45) is 0 Å². The first-order valence-corrected chi connectivity index (χ1v) is 7.40. The summed E-state index contributed by atoms with van der Waals surface area (Å²) in [5.74, 6) is -1.73. The Labute approximate surface area is 143 Å². The highest BCUT2D eigenvalue weighted by molar-refractivity contribution is 6.30. The summed E-state index contributed by atoms with van der Waals surface area (Å²) in [7, 11) is 1.42. The first-order valence-electron chi connectivity index (χ1n) is 7.02. The van der Waals surface area contributed by atoms with E-state index in [0.29, 0.717) is 5.75 Å². The number of esters is 1. The number of benzene rings is 2. The van der Waals surface area contributed by atoms with Gasteiger partial charge in [0.15, 0.2) is 6.10 Å². The van der Waals surface area contributed by atoms with E-state index in [4.69, 9.17) is 21.1 Å². The number of anilines is 1. The second-order valence-electron chi connectivity index (χ2n) is 4.86. The highest BCUT2D eigenvalue weighted by atomic mass is 35.5. The van der Waals surface area contributed by atoms with E-state index in [2.05, 4.69) is 5.32 Å². The van der Waals surface area contributed by atoms with Gasteiger partial charge in [-0.15, -0.1) is 0 Å². The lowest BCUT2D eigenvalue weighted by atomic mass is 10.2. The van der Waals surface area contributed by atoms with Crippen LogP contribution in [-0.2, 0) is 9.53 Å². The Bertz CT molecular complexity index is 766. The van der Waals surface area contributed by atoms with E-state index in [9.17, 15) is 14.0 Å². The average Bonchev–Trinajstić information content (AvgIpc) is 2.57. The second kappa shape index (κ2) is 7.79. The molecule has 1 N–H and O–H groups in total. The zero-order valence-electron chi connectivity index (χ0n) is 13.0. The molecule has 0 aliphatic rings. The fraction of sp³-hybridized carbons (Fsp3) is 0.176. The summed E-state index contributed by atoms with van der Waals surface area (Å²) < 4.78 is 23.8. The van der Waals surface area contributed by atoms with Crippen molar-refractivity contribution >= 4 is 29.2 Å². The number of hydrogen-bond donors (Lipinski definition) is 1. The van der Waals surface area contributed by atoms with E-state index < -0.39 is 23.8 Å². The third-order valence-electron chi connectivity index (χ3n) is 3.17. The highest BCUT2D eigenvalue weighted by Crippen LogP contribution is 2.21. The molecule has 2 aromatic carbocycles. The van der Waals surface area contributed by atoms with Crippen molar-refractivity contribution < 1.29 is 23.5 Å². The number of carbonyl (C=O) groups is 2. The zero-order valence-corrected chi connectivity index (χ0v) is 13.8. The van der Waals surface area contributed by atoms with Gasteiger partial charge in [-0.3, -0.25) is 4.79 Å². The number of nitrogens with one attached hydrogen (secondary N) is 1. The standard InChI is InChI=1S/C17H15ClFNO4/c1-10(16(21)20-14-8-7-11(18)9-13(14)19)24-17(22)12-5-3-4-6-15(12)23-2/h3-10H,1-2H3,(H,20,21). The van der Waals surface area contributed by atoms with E-state index in [0.717, 1.165) is 6.07 Å². The molecule has 0 bridgehead atoms. The highest BCUT2D eigenvalue weighted by Gasteiger charge is 2.22. The summed E-state index contributed by atoms with van der Waals surface area (Å²) in [6.07, 6.45) is -1.13. The Balaban J connectivity index is 2.04. The monoisotopic (exact) mass is 351 g/mol. The summed E-state index contributed by atoms with van der Waals surface area (Å²) >= 11 is 5.65. The molecule has 7 heteroatoms. The van der Waals surface area contributed by atoms with Gasteiger partial charge in [0.1, 0.15) is 17.1 Å².